The number of non-ortho nitro benzene ring substituents is 1. The van der Waals surface area contributed by atoms with Gasteiger partial charge < -0.3 is 15.0 Å². The molecular weight excluding hydrogens is 448 g/mol. The highest BCUT2D eigenvalue weighted by molar-refractivity contribution is 5.97. The summed E-state index contributed by atoms with van der Waals surface area (Å²) in [6, 6.07) is 20.6. The normalized spacial score (nSPS) is 10.6. The Balaban J connectivity index is 1.65. The second-order valence-electron chi connectivity index (χ2n) is 7.92. The second-order valence-corrected chi connectivity index (χ2v) is 7.92. The van der Waals surface area contributed by atoms with Crippen LogP contribution >= 0.6 is 0 Å². The van der Waals surface area contributed by atoms with Crippen LogP contribution in [0.4, 0.5) is 17.3 Å². The molecule has 3 aromatic carbocycles. The van der Waals surface area contributed by atoms with Crippen molar-refractivity contribution in [3.05, 3.63) is 94.0 Å². The zero-order valence-electron chi connectivity index (χ0n) is 19.5. The Hall–Kier alpha value is -4.73. The third-order valence-electron chi connectivity index (χ3n) is 5.38. The van der Waals surface area contributed by atoms with Gasteiger partial charge in [0.1, 0.15) is 5.75 Å². The summed E-state index contributed by atoms with van der Waals surface area (Å²) >= 11 is 0. The number of methoxy groups -OCH3 is 1. The molecule has 0 atom stereocenters. The maximum Gasteiger partial charge on any atom is 0.281 e. The summed E-state index contributed by atoms with van der Waals surface area (Å²) in [5, 5.41) is 18.6. The summed E-state index contributed by atoms with van der Waals surface area (Å²) < 4.78 is 6.38. The van der Waals surface area contributed by atoms with Crippen molar-refractivity contribution in [2.24, 2.45) is 0 Å². The van der Waals surface area contributed by atoms with Gasteiger partial charge in [-0.1, -0.05) is 12.1 Å². The standard InChI is InChI=1S/C25H24N6O4/c1-29(2)20-10-4-17(5-11-20)16-26-25-27-23(18-8-14-22(35-3)15-9-18)28-30(25)24(32)19-6-12-21(13-7-19)31(33)34/h4-15H,16H2,1-3H3,(H,26,27,28). The van der Waals surface area contributed by atoms with Crippen molar-refractivity contribution in [2.45, 2.75) is 6.54 Å². The zero-order valence-corrected chi connectivity index (χ0v) is 19.5. The highest BCUT2D eigenvalue weighted by atomic mass is 16.6. The van der Waals surface area contributed by atoms with Gasteiger partial charge in [-0.3, -0.25) is 14.9 Å². The Morgan fingerprint density at radius 1 is 1.03 bits per heavy atom. The molecule has 4 aromatic rings. The Bertz CT molecular complexity index is 1330. The average molecular weight is 473 g/mol. The van der Waals surface area contributed by atoms with E-state index in [-0.39, 0.29) is 17.2 Å². The lowest BCUT2D eigenvalue weighted by molar-refractivity contribution is -0.384. The molecule has 0 saturated carbocycles. The largest absolute Gasteiger partial charge is 0.497 e. The highest BCUT2D eigenvalue weighted by Gasteiger charge is 2.20. The van der Waals surface area contributed by atoms with Crippen LogP contribution in [0.3, 0.4) is 0 Å². The SMILES string of the molecule is COc1ccc(-c2nc(NCc3ccc(N(C)C)cc3)n(C(=O)c3ccc([N+](=O)[O-])cc3)n2)cc1. The van der Waals surface area contributed by atoms with Gasteiger partial charge in [-0.05, 0) is 54.1 Å². The van der Waals surface area contributed by atoms with E-state index in [1.165, 1.54) is 28.9 Å². The van der Waals surface area contributed by atoms with Gasteiger partial charge in [0.05, 0.1) is 12.0 Å². The molecule has 4 rings (SSSR count). The van der Waals surface area contributed by atoms with Gasteiger partial charge in [0, 0.05) is 49.6 Å². The topological polar surface area (TPSA) is 115 Å². The Kier molecular flexibility index (Phi) is 6.72. The number of benzene rings is 3. The number of rotatable bonds is 8. The molecular formula is C25H24N6O4. The number of nitro benzene ring substituents is 1. The molecule has 178 valence electrons. The van der Waals surface area contributed by atoms with Crippen molar-refractivity contribution in [3.63, 3.8) is 0 Å². The van der Waals surface area contributed by atoms with Crippen molar-refractivity contribution < 1.29 is 14.5 Å². The lowest BCUT2D eigenvalue weighted by atomic mass is 10.2. The van der Waals surface area contributed by atoms with E-state index in [4.69, 9.17) is 4.74 Å². The summed E-state index contributed by atoms with van der Waals surface area (Å²) in [6.45, 7) is 0.419. The Labute approximate surface area is 201 Å². The number of nitrogens with one attached hydrogen (secondary N) is 1. The molecule has 0 radical (unpaired) electrons. The first kappa shape index (κ1) is 23.4. The van der Waals surface area contributed by atoms with Crippen LogP contribution in [0.1, 0.15) is 15.9 Å². The number of nitro groups is 1. The van der Waals surface area contributed by atoms with Gasteiger partial charge in [-0.2, -0.15) is 9.67 Å². The maximum absolute atomic E-state index is 13.2. The van der Waals surface area contributed by atoms with Crippen molar-refractivity contribution in [2.75, 3.05) is 31.4 Å². The second kappa shape index (κ2) is 10.0. The Morgan fingerprint density at radius 3 is 2.26 bits per heavy atom. The molecule has 0 amide bonds. The number of aromatic nitrogens is 3. The van der Waals surface area contributed by atoms with E-state index in [0.29, 0.717) is 23.7 Å². The van der Waals surface area contributed by atoms with Crippen LogP contribution in [0.15, 0.2) is 72.8 Å². The maximum atomic E-state index is 13.2. The van der Waals surface area contributed by atoms with Crippen LogP contribution in [0, 0.1) is 10.1 Å². The van der Waals surface area contributed by atoms with E-state index in [1.807, 2.05) is 43.3 Å². The van der Waals surface area contributed by atoms with E-state index in [9.17, 15) is 14.9 Å². The van der Waals surface area contributed by atoms with Crippen LogP contribution in [0.25, 0.3) is 11.4 Å². The predicted molar refractivity (Wildman–Crippen MR) is 133 cm³/mol. The number of carbonyl (C=O) groups excluding carboxylic acids is 1. The summed E-state index contributed by atoms with van der Waals surface area (Å²) in [5.41, 5.74) is 2.93. The van der Waals surface area contributed by atoms with E-state index in [1.54, 1.807) is 31.4 Å². The van der Waals surface area contributed by atoms with Crippen LogP contribution in [-0.2, 0) is 6.54 Å². The number of hydrogen-bond donors (Lipinski definition) is 1. The molecule has 10 heteroatoms. The van der Waals surface area contributed by atoms with Gasteiger partial charge in [0.25, 0.3) is 11.6 Å². The molecule has 0 bridgehead atoms. The molecule has 0 aliphatic heterocycles. The lowest BCUT2D eigenvalue weighted by Gasteiger charge is -2.13. The third-order valence-corrected chi connectivity index (χ3v) is 5.38. The monoisotopic (exact) mass is 472 g/mol. The summed E-state index contributed by atoms with van der Waals surface area (Å²) in [4.78, 5) is 30.3. The van der Waals surface area contributed by atoms with Gasteiger partial charge in [-0.15, -0.1) is 5.10 Å². The molecule has 0 spiro atoms. The van der Waals surface area contributed by atoms with Crippen LogP contribution < -0.4 is 15.0 Å². The van der Waals surface area contributed by atoms with Gasteiger partial charge in [0.2, 0.25) is 5.95 Å². The number of hydrogen-bond acceptors (Lipinski definition) is 8. The highest BCUT2D eigenvalue weighted by Crippen LogP contribution is 2.23. The number of anilines is 2. The molecule has 35 heavy (non-hydrogen) atoms. The molecule has 0 unspecified atom stereocenters. The lowest BCUT2D eigenvalue weighted by Crippen LogP contribution is -2.17. The van der Waals surface area contributed by atoms with Gasteiger partial charge in [0.15, 0.2) is 5.82 Å². The summed E-state index contributed by atoms with van der Waals surface area (Å²) in [6.07, 6.45) is 0. The first-order valence-electron chi connectivity index (χ1n) is 10.8. The van der Waals surface area contributed by atoms with Crippen LogP contribution in [-0.4, -0.2) is 46.8 Å². The summed E-state index contributed by atoms with van der Waals surface area (Å²) in [7, 11) is 5.53. The van der Waals surface area contributed by atoms with E-state index in [2.05, 4.69) is 15.4 Å². The molecule has 1 aromatic heterocycles. The van der Waals surface area contributed by atoms with Crippen molar-refractivity contribution in [1.29, 1.82) is 0 Å². The van der Waals surface area contributed by atoms with E-state index < -0.39 is 10.8 Å². The average Bonchev–Trinajstić information content (AvgIpc) is 3.31. The fourth-order valence-electron chi connectivity index (χ4n) is 3.37. The van der Waals surface area contributed by atoms with Crippen molar-refractivity contribution in [3.8, 4) is 17.1 Å². The minimum absolute atomic E-state index is 0.0985. The molecule has 1 heterocycles. The fraction of sp³-hybridized carbons (Fsp3) is 0.160. The molecule has 0 aliphatic rings. The molecule has 0 aliphatic carbocycles. The minimum Gasteiger partial charge on any atom is -0.497 e. The van der Waals surface area contributed by atoms with Crippen LogP contribution in [0.2, 0.25) is 0 Å². The number of ether oxygens (including phenoxy) is 1. The smallest absolute Gasteiger partial charge is 0.281 e. The zero-order chi connectivity index (χ0) is 24.9. The molecule has 10 nitrogen and oxygen atoms in total. The van der Waals surface area contributed by atoms with Gasteiger partial charge in [-0.25, -0.2) is 0 Å². The molecule has 1 N–H and O–H groups in total. The van der Waals surface area contributed by atoms with Gasteiger partial charge >= 0.3 is 0 Å². The first-order valence-corrected chi connectivity index (χ1v) is 10.8. The van der Waals surface area contributed by atoms with E-state index in [0.717, 1.165) is 11.3 Å². The summed E-state index contributed by atoms with van der Waals surface area (Å²) in [5.74, 6) is 0.844. The predicted octanol–water partition coefficient (Wildman–Crippen LogP) is 4.23. The van der Waals surface area contributed by atoms with Crippen LogP contribution in [0.5, 0.6) is 5.75 Å². The van der Waals surface area contributed by atoms with E-state index >= 15 is 0 Å². The number of carbonyl (C=O) groups is 1. The van der Waals surface area contributed by atoms with Crippen molar-refractivity contribution in [1.82, 2.24) is 14.8 Å². The van der Waals surface area contributed by atoms with Crippen molar-refractivity contribution >= 4 is 23.2 Å². The Morgan fingerprint density at radius 2 is 1.69 bits per heavy atom. The fourth-order valence-corrected chi connectivity index (χ4v) is 3.37. The molecule has 0 saturated heterocycles. The third kappa shape index (κ3) is 5.27. The quantitative estimate of drug-likeness (QED) is 0.299. The number of nitrogens with zero attached hydrogens (tertiary/aromatic N) is 5. The molecule has 0 fully saturated rings. The first-order chi connectivity index (χ1) is 16.9. The minimum atomic E-state index is -0.514.